The van der Waals surface area contributed by atoms with E-state index in [1.165, 1.54) is 0 Å². The SMILES string of the molecule is Cc1ccccc1C(=O)Nc1ccc(CC(=O)NC(C)(C)CO)cc1. The van der Waals surface area contributed by atoms with Crippen molar-refractivity contribution in [3.63, 3.8) is 0 Å². The van der Waals surface area contributed by atoms with Gasteiger partial charge in [0.05, 0.1) is 18.6 Å². The first-order valence-electron chi connectivity index (χ1n) is 8.18. The van der Waals surface area contributed by atoms with E-state index in [9.17, 15) is 14.7 Å². The predicted octanol–water partition coefficient (Wildman–Crippen LogP) is 2.68. The van der Waals surface area contributed by atoms with Crippen LogP contribution in [0.5, 0.6) is 0 Å². The second-order valence-corrected chi connectivity index (χ2v) is 6.73. The zero-order chi connectivity index (χ0) is 18.4. The maximum absolute atomic E-state index is 12.3. The molecule has 5 nitrogen and oxygen atoms in total. The molecule has 0 saturated carbocycles. The minimum atomic E-state index is -0.640. The Morgan fingerprint density at radius 1 is 1.04 bits per heavy atom. The van der Waals surface area contributed by atoms with Gasteiger partial charge >= 0.3 is 0 Å². The lowest BCUT2D eigenvalue weighted by molar-refractivity contribution is -0.122. The maximum atomic E-state index is 12.3. The molecule has 0 bridgehead atoms. The summed E-state index contributed by atoms with van der Waals surface area (Å²) in [5, 5.41) is 14.8. The van der Waals surface area contributed by atoms with E-state index >= 15 is 0 Å². The first-order valence-corrected chi connectivity index (χ1v) is 8.18. The van der Waals surface area contributed by atoms with Gasteiger partial charge < -0.3 is 15.7 Å². The predicted molar refractivity (Wildman–Crippen MR) is 98.6 cm³/mol. The molecule has 0 unspecified atom stereocenters. The van der Waals surface area contributed by atoms with Crippen LogP contribution in [-0.2, 0) is 11.2 Å². The van der Waals surface area contributed by atoms with Crippen molar-refractivity contribution >= 4 is 17.5 Å². The largest absolute Gasteiger partial charge is 0.394 e. The summed E-state index contributed by atoms with van der Waals surface area (Å²) in [6.07, 6.45) is 0.218. The molecule has 2 aromatic rings. The van der Waals surface area contributed by atoms with Crippen molar-refractivity contribution in [3.05, 3.63) is 65.2 Å². The van der Waals surface area contributed by atoms with E-state index in [4.69, 9.17) is 0 Å². The van der Waals surface area contributed by atoms with Crippen LogP contribution in [0.1, 0.15) is 35.3 Å². The molecule has 3 N–H and O–H groups in total. The van der Waals surface area contributed by atoms with Crippen LogP contribution in [0.4, 0.5) is 5.69 Å². The average molecular weight is 340 g/mol. The Bertz CT molecular complexity index is 752. The Labute approximate surface area is 148 Å². The van der Waals surface area contributed by atoms with Gasteiger partial charge in [-0.1, -0.05) is 30.3 Å². The summed E-state index contributed by atoms with van der Waals surface area (Å²) >= 11 is 0. The first kappa shape index (κ1) is 18.7. The highest BCUT2D eigenvalue weighted by molar-refractivity contribution is 6.05. The van der Waals surface area contributed by atoms with Gasteiger partial charge in [-0.25, -0.2) is 0 Å². The molecular weight excluding hydrogens is 316 g/mol. The Morgan fingerprint density at radius 2 is 1.68 bits per heavy atom. The Hall–Kier alpha value is -2.66. The molecule has 0 atom stereocenters. The second kappa shape index (κ2) is 7.94. The molecule has 0 aromatic heterocycles. The summed E-state index contributed by atoms with van der Waals surface area (Å²) < 4.78 is 0. The van der Waals surface area contributed by atoms with Crippen LogP contribution in [0.15, 0.2) is 48.5 Å². The van der Waals surface area contributed by atoms with E-state index in [-0.39, 0.29) is 24.8 Å². The normalized spacial score (nSPS) is 11.0. The van der Waals surface area contributed by atoms with Crippen LogP contribution >= 0.6 is 0 Å². The molecule has 0 heterocycles. The molecule has 25 heavy (non-hydrogen) atoms. The second-order valence-electron chi connectivity index (χ2n) is 6.73. The lowest BCUT2D eigenvalue weighted by atomic mass is 10.1. The fourth-order valence-corrected chi connectivity index (χ4v) is 2.38. The standard InChI is InChI=1S/C20H24N2O3/c1-14-6-4-5-7-17(14)19(25)21-16-10-8-15(9-11-16)12-18(24)22-20(2,3)13-23/h4-11,23H,12-13H2,1-3H3,(H,21,25)(H,22,24). The van der Waals surface area contributed by atoms with Crippen LogP contribution in [0.2, 0.25) is 0 Å². The van der Waals surface area contributed by atoms with Crippen molar-refractivity contribution in [2.24, 2.45) is 0 Å². The van der Waals surface area contributed by atoms with Crippen molar-refractivity contribution in [1.29, 1.82) is 0 Å². The number of hydrogen-bond donors (Lipinski definition) is 3. The summed E-state index contributed by atoms with van der Waals surface area (Å²) in [7, 11) is 0. The number of amides is 2. The minimum Gasteiger partial charge on any atom is -0.394 e. The highest BCUT2D eigenvalue weighted by Gasteiger charge is 2.19. The molecule has 0 aliphatic heterocycles. The Morgan fingerprint density at radius 3 is 2.28 bits per heavy atom. The van der Waals surface area contributed by atoms with Crippen molar-refractivity contribution in [2.45, 2.75) is 32.7 Å². The van der Waals surface area contributed by atoms with E-state index in [2.05, 4.69) is 10.6 Å². The Kier molecular flexibility index (Phi) is 5.93. The molecule has 132 valence electrons. The number of aryl methyl sites for hydroxylation is 1. The number of aliphatic hydroxyl groups excluding tert-OH is 1. The van der Waals surface area contributed by atoms with E-state index in [0.717, 1.165) is 11.1 Å². The number of benzene rings is 2. The van der Waals surface area contributed by atoms with E-state index in [1.54, 1.807) is 44.2 Å². The molecule has 2 aromatic carbocycles. The number of rotatable bonds is 6. The van der Waals surface area contributed by atoms with Gasteiger partial charge in [-0.2, -0.15) is 0 Å². The molecule has 0 fully saturated rings. The monoisotopic (exact) mass is 340 g/mol. The zero-order valence-corrected chi connectivity index (χ0v) is 14.8. The van der Waals surface area contributed by atoms with Gasteiger partial charge in [0, 0.05) is 11.3 Å². The topological polar surface area (TPSA) is 78.4 Å². The van der Waals surface area contributed by atoms with Gasteiger partial charge in [0.2, 0.25) is 5.91 Å². The Balaban J connectivity index is 1.97. The van der Waals surface area contributed by atoms with Crippen molar-refractivity contribution < 1.29 is 14.7 Å². The summed E-state index contributed by atoms with van der Waals surface area (Å²) in [5.41, 5.74) is 2.42. The van der Waals surface area contributed by atoms with Crippen LogP contribution in [0.3, 0.4) is 0 Å². The fourth-order valence-electron chi connectivity index (χ4n) is 2.38. The number of nitrogens with one attached hydrogen (secondary N) is 2. The third-order valence-electron chi connectivity index (χ3n) is 3.84. The maximum Gasteiger partial charge on any atom is 0.255 e. The number of aliphatic hydroxyl groups is 1. The van der Waals surface area contributed by atoms with E-state index < -0.39 is 5.54 Å². The van der Waals surface area contributed by atoms with Crippen molar-refractivity contribution in [3.8, 4) is 0 Å². The van der Waals surface area contributed by atoms with Crippen LogP contribution < -0.4 is 10.6 Å². The third kappa shape index (κ3) is 5.43. The minimum absolute atomic E-state index is 0.122. The number of carbonyl (C=O) groups excluding carboxylic acids is 2. The van der Waals surface area contributed by atoms with E-state index in [0.29, 0.717) is 11.3 Å². The number of carbonyl (C=O) groups is 2. The summed E-state index contributed by atoms with van der Waals surface area (Å²) in [4.78, 5) is 24.3. The highest BCUT2D eigenvalue weighted by atomic mass is 16.3. The molecule has 0 saturated heterocycles. The molecule has 0 radical (unpaired) electrons. The summed E-state index contributed by atoms with van der Waals surface area (Å²) in [6.45, 7) is 5.29. The number of anilines is 1. The molecule has 0 aliphatic carbocycles. The fraction of sp³-hybridized carbons (Fsp3) is 0.300. The van der Waals surface area contributed by atoms with Crippen molar-refractivity contribution in [2.75, 3.05) is 11.9 Å². The van der Waals surface area contributed by atoms with Gasteiger partial charge in [-0.05, 0) is 50.1 Å². The molecule has 5 heteroatoms. The number of hydrogen-bond acceptors (Lipinski definition) is 3. The smallest absolute Gasteiger partial charge is 0.255 e. The quantitative estimate of drug-likeness (QED) is 0.756. The van der Waals surface area contributed by atoms with E-state index in [1.807, 2.05) is 25.1 Å². The van der Waals surface area contributed by atoms with Crippen LogP contribution in [0, 0.1) is 6.92 Å². The first-order chi connectivity index (χ1) is 11.8. The van der Waals surface area contributed by atoms with Gasteiger partial charge in [0.25, 0.3) is 5.91 Å². The lowest BCUT2D eigenvalue weighted by Crippen LogP contribution is -2.46. The lowest BCUT2D eigenvalue weighted by Gasteiger charge is -2.23. The van der Waals surface area contributed by atoms with Gasteiger partial charge in [0.1, 0.15) is 0 Å². The molecule has 0 aliphatic rings. The zero-order valence-electron chi connectivity index (χ0n) is 14.8. The summed E-state index contributed by atoms with van der Waals surface area (Å²) in [6, 6.07) is 14.6. The third-order valence-corrected chi connectivity index (χ3v) is 3.84. The molecule has 2 rings (SSSR count). The average Bonchev–Trinajstić information content (AvgIpc) is 2.56. The summed E-state index contributed by atoms with van der Waals surface area (Å²) in [5.74, 6) is -0.316. The van der Waals surface area contributed by atoms with Crippen LogP contribution in [-0.4, -0.2) is 29.1 Å². The molecule has 0 spiro atoms. The molecular formula is C20H24N2O3. The van der Waals surface area contributed by atoms with Gasteiger partial charge in [-0.3, -0.25) is 9.59 Å². The van der Waals surface area contributed by atoms with Gasteiger partial charge in [-0.15, -0.1) is 0 Å². The highest BCUT2D eigenvalue weighted by Crippen LogP contribution is 2.14. The molecule has 2 amide bonds. The van der Waals surface area contributed by atoms with Crippen molar-refractivity contribution in [1.82, 2.24) is 5.32 Å². The van der Waals surface area contributed by atoms with Gasteiger partial charge in [0.15, 0.2) is 0 Å². The van der Waals surface area contributed by atoms with Crippen LogP contribution in [0.25, 0.3) is 0 Å².